The van der Waals surface area contributed by atoms with Crippen LogP contribution in [0.1, 0.15) is 40.0 Å². The van der Waals surface area contributed by atoms with Gasteiger partial charge >= 0.3 is 6.18 Å². The number of hydrogen-bond donors (Lipinski definition) is 3. The zero-order chi connectivity index (χ0) is 22.6. The SMILES string of the molecule is NC(=O)C1CCCN(Cc2ccc(C(=O)NCc3ccccc3C(F)(F)F)c(=O)[nH]2)C1. The number of hydrogen-bond acceptors (Lipinski definition) is 4. The second kappa shape index (κ2) is 9.34. The van der Waals surface area contributed by atoms with E-state index >= 15 is 0 Å². The van der Waals surface area contributed by atoms with Gasteiger partial charge in [0.2, 0.25) is 5.91 Å². The molecule has 1 aliphatic heterocycles. The Morgan fingerprint density at radius 1 is 1.19 bits per heavy atom. The fourth-order valence-corrected chi connectivity index (χ4v) is 3.68. The van der Waals surface area contributed by atoms with Crippen molar-refractivity contribution in [3.8, 4) is 0 Å². The number of amides is 2. The summed E-state index contributed by atoms with van der Waals surface area (Å²) in [4.78, 5) is 40.7. The number of alkyl halides is 3. The number of nitrogens with two attached hydrogens (primary N) is 1. The van der Waals surface area contributed by atoms with E-state index in [0.717, 1.165) is 25.5 Å². The van der Waals surface area contributed by atoms with Gasteiger partial charge in [0.15, 0.2) is 0 Å². The van der Waals surface area contributed by atoms with Gasteiger partial charge in [-0.15, -0.1) is 0 Å². The van der Waals surface area contributed by atoms with E-state index in [1.165, 1.54) is 24.3 Å². The Morgan fingerprint density at radius 2 is 1.94 bits per heavy atom. The number of benzene rings is 1. The van der Waals surface area contributed by atoms with Crippen molar-refractivity contribution < 1.29 is 22.8 Å². The molecule has 1 aromatic carbocycles. The van der Waals surface area contributed by atoms with Crippen molar-refractivity contribution in [2.45, 2.75) is 32.1 Å². The third-order valence-corrected chi connectivity index (χ3v) is 5.28. The number of rotatable bonds is 6. The summed E-state index contributed by atoms with van der Waals surface area (Å²) in [6.45, 7) is 1.28. The van der Waals surface area contributed by atoms with E-state index in [1.807, 2.05) is 4.90 Å². The number of primary amides is 1. The average Bonchev–Trinajstić information content (AvgIpc) is 2.72. The zero-order valence-corrected chi connectivity index (χ0v) is 16.7. The van der Waals surface area contributed by atoms with Gasteiger partial charge in [0.25, 0.3) is 11.5 Å². The number of pyridine rings is 1. The van der Waals surface area contributed by atoms with Crippen LogP contribution in [-0.4, -0.2) is 34.8 Å². The fraction of sp³-hybridized carbons (Fsp3) is 0.381. The van der Waals surface area contributed by atoms with Crippen LogP contribution in [0.15, 0.2) is 41.2 Å². The molecular formula is C21H23F3N4O3. The lowest BCUT2D eigenvalue weighted by Crippen LogP contribution is -2.41. The van der Waals surface area contributed by atoms with E-state index in [0.29, 0.717) is 18.8 Å². The molecule has 10 heteroatoms. The predicted octanol–water partition coefficient (Wildman–Crippen LogP) is 2.02. The third kappa shape index (κ3) is 5.72. The molecule has 1 atom stereocenters. The van der Waals surface area contributed by atoms with Gasteiger partial charge in [-0.1, -0.05) is 18.2 Å². The summed E-state index contributed by atoms with van der Waals surface area (Å²) in [5, 5.41) is 2.37. The highest BCUT2D eigenvalue weighted by Crippen LogP contribution is 2.31. The van der Waals surface area contributed by atoms with Crippen molar-refractivity contribution in [1.29, 1.82) is 0 Å². The molecule has 1 aliphatic rings. The maximum atomic E-state index is 13.1. The number of likely N-dealkylation sites (tertiary alicyclic amines) is 1. The van der Waals surface area contributed by atoms with Crippen molar-refractivity contribution in [3.05, 3.63) is 69.1 Å². The first-order valence-electron chi connectivity index (χ1n) is 9.82. The maximum Gasteiger partial charge on any atom is 0.416 e. The molecule has 1 saturated heterocycles. The Labute approximate surface area is 176 Å². The van der Waals surface area contributed by atoms with E-state index in [4.69, 9.17) is 5.73 Å². The van der Waals surface area contributed by atoms with Crippen LogP contribution in [0.3, 0.4) is 0 Å². The highest BCUT2D eigenvalue weighted by Gasteiger charge is 2.33. The minimum Gasteiger partial charge on any atom is -0.369 e. The first-order chi connectivity index (χ1) is 14.6. The second-order valence-electron chi connectivity index (χ2n) is 7.54. The summed E-state index contributed by atoms with van der Waals surface area (Å²) < 4.78 is 39.2. The lowest BCUT2D eigenvalue weighted by atomic mass is 9.97. The Morgan fingerprint density at radius 3 is 2.61 bits per heavy atom. The predicted molar refractivity (Wildman–Crippen MR) is 107 cm³/mol. The highest BCUT2D eigenvalue weighted by atomic mass is 19.4. The van der Waals surface area contributed by atoms with Gasteiger partial charge in [-0.25, -0.2) is 0 Å². The summed E-state index contributed by atoms with van der Waals surface area (Å²) in [6.07, 6.45) is -2.99. The monoisotopic (exact) mass is 436 g/mol. The standard InChI is InChI=1S/C21H23F3N4O3/c22-21(23,24)17-6-2-1-4-13(17)10-26-19(30)16-8-7-15(27-20(16)31)12-28-9-3-5-14(11-28)18(25)29/h1-2,4,6-8,14H,3,5,9-12H2,(H2,25,29)(H,26,30)(H,27,31). The van der Waals surface area contributed by atoms with E-state index < -0.39 is 23.2 Å². The van der Waals surface area contributed by atoms with Crippen LogP contribution in [0, 0.1) is 5.92 Å². The van der Waals surface area contributed by atoms with Crippen LogP contribution in [-0.2, 0) is 24.1 Å². The normalized spacial score (nSPS) is 17.3. The van der Waals surface area contributed by atoms with Crippen LogP contribution in [0.25, 0.3) is 0 Å². The van der Waals surface area contributed by atoms with E-state index in [-0.39, 0.29) is 29.5 Å². The van der Waals surface area contributed by atoms with Gasteiger partial charge in [-0.2, -0.15) is 13.2 Å². The lowest BCUT2D eigenvalue weighted by Gasteiger charge is -2.30. The molecule has 2 amide bonds. The Kier molecular flexibility index (Phi) is 6.79. The van der Waals surface area contributed by atoms with Crippen molar-refractivity contribution in [1.82, 2.24) is 15.2 Å². The molecule has 1 aromatic heterocycles. The topological polar surface area (TPSA) is 108 Å². The average molecular weight is 436 g/mol. The third-order valence-electron chi connectivity index (χ3n) is 5.28. The Balaban J connectivity index is 1.65. The number of aromatic amines is 1. The van der Waals surface area contributed by atoms with E-state index in [1.54, 1.807) is 6.07 Å². The number of carbonyl (C=O) groups excluding carboxylic acids is 2. The Hall–Kier alpha value is -3.14. The first kappa shape index (κ1) is 22.5. The minimum atomic E-state index is -4.54. The van der Waals surface area contributed by atoms with Crippen LogP contribution in [0.2, 0.25) is 0 Å². The quantitative estimate of drug-likeness (QED) is 0.644. The molecule has 1 fully saturated rings. The summed E-state index contributed by atoms with van der Waals surface area (Å²) in [6, 6.07) is 7.84. The number of nitrogens with one attached hydrogen (secondary N) is 2. The molecule has 1 unspecified atom stereocenters. The van der Waals surface area contributed by atoms with E-state index in [2.05, 4.69) is 10.3 Å². The summed E-state index contributed by atoms with van der Waals surface area (Å²) in [7, 11) is 0. The number of piperidine rings is 1. The molecular weight excluding hydrogens is 413 g/mol. The molecule has 0 spiro atoms. The molecule has 7 nitrogen and oxygen atoms in total. The van der Waals surface area contributed by atoms with Crippen LogP contribution >= 0.6 is 0 Å². The molecule has 31 heavy (non-hydrogen) atoms. The first-order valence-corrected chi connectivity index (χ1v) is 9.82. The van der Waals surface area contributed by atoms with Crippen molar-refractivity contribution in [3.63, 3.8) is 0 Å². The highest BCUT2D eigenvalue weighted by molar-refractivity contribution is 5.93. The Bertz CT molecular complexity index is 1020. The summed E-state index contributed by atoms with van der Waals surface area (Å²) in [5.41, 5.74) is 4.18. The van der Waals surface area contributed by atoms with Gasteiger partial charge in [-0.05, 0) is 43.1 Å². The molecule has 0 saturated carbocycles. The van der Waals surface area contributed by atoms with Crippen LogP contribution in [0.5, 0.6) is 0 Å². The van der Waals surface area contributed by atoms with Crippen LogP contribution < -0.4 is 16.6 Å². The van der Waals surface area contributed by atoms with Gasteiger partial charge in [-0.3, -0.25) is 19.3 Å². The van der Waals surface area contributed by atoms with Crippen LogP contribution in [0.4, 0.5) is 13.2 Å². The van der Waals surface area contributed by atoms with Gasteiger partial charge in [0, 0.05) is 25.3 Å². The molecule has 0 aliphatic carbocycles. The smallest absolute Gasteiger partial charge is 0.369 e. The van der Waals surface area contributed by atoms with Crippen molar-refractivity contribution in [2.24, 2.45) is 11.7 Å². The second-order valence-corrected chi connectivity index (χ2v) is 7.54. The molecule has 0 bridgehead atoms. The molecule has 3 rings (SSSR count). The van der Waals surface area contributed by atoms with E-state index in [9.17, 15) is 27.6 Å². The van der Waals surface area contributed by atoms with Gasteiger partial charge in [0.05, 0.1) is 11.5 Å². The van der Waals surface area contributed by atoms with Gasteiger partial charge < -0.3 is 16.0 Å². The largest absolute Gasteiger partial charge is 0.416 e. The zero-order valence-electron chi connectivity index (χ0n) is 16.7. The molecule has 2 aromatic rings. The summed E-state index contributed by atoms with van der Waals surface area (Å²) in [5.74, 6) is -1.35. The number of carbonyl (C=O) groups is 2. The minimum absolute atomic E-state index is 0.0921. The number of aromatic nitrogens is 1. The molecule has 2 heterocycles. The fourth-order valence-electron chi connectivity index (χ4n) is 3.68. The number of H-pyrrole nitrogens is 1. The molecule has 0 radical (unpaired) electrons. The number of halogens is 3. The lowest BCUT2D eigenvalue weighted by molar-refractivity contribution is -0.138. The number of nitrogens with zero attached hydrogens (tertiary/aromatic N) is 1. The van der Waals surface area contributed by atoms with Gasteiger partial charge in [0.1, 0.15) is 5.56 Å². The molecule has 4 N–H and O–H groups in total. The maximum absolute atomic E-state index is 13.1. The molecule has 166 valence electrons. The van der Waals surface area contributed by atoms with Crippen molar-refractivity contribution >= 4 is 11.8 Å². The summed E-state index contributed by atoms with van der Waals surface area (Å²) >= 11 is 0. The van der Waals surface area contributed by atoms with Crippen molar-refractivity contribution in [2.75, 3.05) is 13.1 Å².